The summed E-state index contributed by atoms with van der Waals surface area (Å²) in [4.78, 5) is 0. The molecule has 1 N–H and O–H groups in total. The molecule has 0 amide bonds. The van der Waals surface area contributed by atoms with E-state index in [0.717, 1.165) is 31.2 Å². The lowest BCUT2D eigenvalue weighted by molar-refractivity contribution is 0.349. The van der Waals surface area contributed by atoms with Gasteiger partial charge < -0.3 is 0 Å². The Bertz CT molecular complexity index is 496. The Morgan fingerprint density at radius 2 is 1.74 bits per heavy atom. The summed E-state index contributed by atoms with van der Waals surface area (Å²) in [6.45, 7) is 1.22. The highest BCUT2D eigenvalue weighted by molar-refractivity contribution is 7.90. The minimum atomic E-state index is -3.40. The van der Waals surface area contributed by atoms with Gasteiger partial charge in [0.05, 0.1) is 0 Å². The van der Waals surface area contributed by atoms with E-state index in [1.54, 1.807) is 12.1 Å². The van der Waals surface area contributed by atoms with Crippen molar-refractivity contribution in [1.29, 1.82) is 0 Å². The van der Waals surface area contributed by atoms with E-state index in [9.17, 15) is 8.42 Å². The summed E-state index contributed by atoms with van der Waals surface area (Å²) in [5, 5.41) is 0. The smallest absolute Gasteiger partial charge is 0.271 e. The van der Waals surface area contributed by atoms with Crippen LogP contribution in [-0.2, 0) is 16.6 Å². The van der Waals surface area contributed by atoms with Crippen LogP contribution >= 0.6 is 11.6 Å². The Kier molecular flexibility index (Phi) is 5.07. The Hall–Kier alpha value is -0.780. The SMILES string of the molecule is O=S(=O)(Nc1ccc(CCCl)cc1)N1CCCCC1. The predicted molar refractivity (Wildman–Crippen MR) is 78.8 cm³/mol. The summed E-state index contributed by atoms with van der Waals surface area (Å²) in [6.07, 6.45) is 3.78. The van der Waals surface area contributed by atoms with Crippen molar-refractivity contribution in [3.05, 3.63) is 29.8 Å². The van der Waals surface area contributed by atoms with Crippen LogP contribution in [0.1, 0.15) is 24.8 Å². The number of halogens is 1. The molecular weight excluding hydrogens is 284 g/mol. The molecule has 0 aromatic heterocycles. The van der Waals surface area contributed by atoms with Gasteiger partial charge in [-0.25, -0.2) is 0 Å². The minimum absolute atomic E-state index is 0.568. The number of benzene rings is 1. The third-order valence-corrected chi connectivity index (χ3v) is 4.97. The maximum absolute atomic E-state index is 12.2. The molecule has 0 aliphatic carbocycles. The van der Waals surface area contributed by atoms with Crippen LogP contribution in [0.25, 0.3) is 0 Å². The van der Waals surface area contributed by atoms with Crippen LogP contribution in [0.2, 0.25) is 0 Å². The molecule has 0 unspecified atom stereocenters. The van der Waals surface area contributed by atoms with E-state index >= 15 is 0 Å². The lowest BCUT2D eigenvalue weighted by atomic mass is 10.2. The average Bonchev–Trinajstić information content (AvgIpc) is 2.42. The highest BCUT2D eigenvalue weighted by Gasteiger charge is 2.23. The molecule has 106 valence electrons. The van der Waals surface area contributed by atoms with Crippen LogP contribution in [0.4, 0.5) is 5.69 Å². The van der Waals surface area contributed by atoms with Crippen molar-refractivity contribution in [1.82, 2.24) is 4.31 Å². The summed E-state index contributed by atoms with van der Waals surface area (Å²) in [5.41, 5.74) is 1.71. The molecule has 0 spiro atoms. The van der Waals surface area contributed by atoms with E-state index in [0.29, 0.717) is 24.7 Å². The average molecular weight is 303 g/mol. The van der Waals surface area contributed by atoms with E-state index in [1.807, 2.05) is 12.1 Å². The standard InChI is InChI=1S/C13H19ClN2O2S/c14-9-8-12-4-6-13(7-5-12)15-19(17,18)16-10-2-1-3-11-16/h4-7,15H,1-3,8-11H2. The highest BCUT2D eigenvalue weighted by Crippen LogP contribution is 2.17. The van der Waals surface area contributed by atoms with Gasteiger partial charge in [-0.15, -0.1) is 11.6 Å². The van der Waals surface area contributed by atoms with Gasteiger partial charge in [0, 0.05) is 24.7 Å². The zero-order valence-corrected chi connectivity index (χ0v) is 12.4. The summed E-state index contributed by atoms with van der Waals surface area (Å²) >= 11 is 5.67. The second kappa shape index (κ2) is 6.59. The number of rotatable bonds is 5. The topological polar surface area (TPSA) is 49.4 Å². The van der Waals surface area contributed by atoms with Gasteiger partial charge in [-0.3, -0.25) is 4.72 Å². The van der Waals surface area contributed by atoms with E-state index in [-0.39, 0.29) is 0 Å². The molecule has 0 bridgehead atoms. The van der Waals surface area contributed by atoms with Crippen molar-refractivity contribution < 1.29 is 8.42 Å². The first-order valence-electron chi connectivity index (χ1n) is 6.54. The molecule has 1 aliphatic rings. The Balaban J connectivity index is 2.02. The number of nitrogens with one attached hydrogen (secondary N) is 1. The quantitative estimate of drug-likeness (QED) is 0.850. The molecule has 6 heteroatoms. The molecule has 1 fully saturated rings. The van der Waals surface area contributed by atoms with Gasteiger partial charge in [-0.2, -0.15) is 12.7 Å². The van der Waals surface area contributed by atoms with Crippen molar-refractivity contribution in [2.45, 2.75) is 25.7 Å². The van der Waals surface area contributed by atoms with Crippen molar-refractivity contribution >= 4 is 27.5 Å². The van der Waals surface area contributed by atoms with Crippen LogP contribution in [0, 0.1) is 0 Å². The van der Waals surface area contributed by atoms with Crippen molar-refractivity contribution in [2.24, 2.45) is 0 Å². The van der Waals surface area contributed by atoms with Gasteiger partial charge >= 0.3 is 10.2 Å². The molecule has 2 rings (SSSR count). The van der Waals surface area contributed by atoms with Gasteiger partial charge in [0.25, 0.3) is 0 Å². The van der Waals surface area contributed by atoms with E-state index in [4.69, 9.17) is 11.6 Å². The molecule has 1 aromatic carbocycles. The monoisotopic (exact) mass is 302 g/mol. The minimum Gasteiger partial charge on any atom is -0.271 e. The highest BCUT2D eigenvalue weighted by atomic mass is 35.5. The zero-order chi connectivity index (χ0) is 13.7. The van der Waals surface area contributed by atoms with Gasteiger partial charge in [0.15, 0.2) is 0 Å². The van der Waals surface area contributed by atoms with Crippen LogP contribution in [0.3, 0.4) is 0 Å². The summed E-state index contributed by atoms with van der Waals surface area (Å²) in [7, 11) is -3.40. The first kappa shape index (κ1) is 14.6. The number of piperidine rings is 1. The van der Waals surface area contributed by atoms with E-state index in [1.165, 1.54) is 4.31 Å². The molecule has 1 saturated heterocycles. The van der Waals surface area contributed by atoms with Crippen molar-refractivity contribution in [3.63, 3.8) is 0 Å². The Labute approximate surface area is 119 Å². The first-order valence-corrected chi connectivity index (χ1v) is 8.52. The molecular formula is C13H19ClN2O2S. The molecule has 0 radical (unpaired) electrons. The fraction of sp³-hybridized carbons (Fsp3) is 0.538. The number of hydrogen-bond acceptors (Lipinski definition) is 2. The van der Waals surface area contributed by atoms with Crippen molar-refractivity contribution in [2.75, 3.05) is 23.7 Å². The Morgan fingerprint density at radius 1 is 1.11 bits per heavy atom. The molecule has 0 atom stereocenters. The van der Waals surface area contributed by atoms with Gasteiger partial charge in [0.2, 0.25) is 0 Å². The lowest BCUT2D eigenvalue weighted by Crippen LogP contribution is -2.39. The maximum Gasteiger partial charge on any atom is 0.301 e. The third-order valence-electron chi connectivity index (χ3n) is 3.24. The van der Waals surface area contributed by atoms with Gasteiger partial charge in [0.1, 0.15) is 0 Å². The largest absolute Gasteiger partial charge is 0.301 e. The Morgan fingerprint density at radius 3 is 2.32 bits per heavy atom. The first-order chi connectivity index (χ1) is 9.12. The van der Waals surface area contributed by atoms with Crippen molar-refractivity contribution in [3.8, 4) is 0 Å². The lowest BCUT2D eigenvalue weighted by Gasteiger charge is -2.26. The summed E-state index contributed by atoms with van der Waals surface area (Å²) < 4.78 is 28.5. The fourth-order valence-electron chi connectivity index (χ4n) is 2.17. The summed E-state index contributed by atoms with van der Waals surface area (Å²) in [5.74, 6) is 0.568. The number of aryl methyl sites for hydroxylation is 1. The normalized spacial score (nSPS) is 17.3. The van der Waals surface area contributed by atoms with E-state index in [2.05, 4.69) is 4.72 Å². The van der Waals surface area contributed by atoms with Gasteiger partial charge in [-0.1, -0.05) is 18.6 Å². The summed E-state index contributed by atoms with van der Waals surface area (Å²) in [6, 6.07) is 7.36. The zero-order valence-electron chi connectivity index (χ0n) is 10.8. The van der Waals surface area contributed by atoms with Crippen LogP contribution in [0.15, 0.2) is 24.3 Å². The number of hydrogen-bond donors (Lipinski definition) is 1. The predicted octanol–water partition coefficient (Wildman–Crippen LogP) is 2.61. The molecule has 4 nitrogen and oxygen atoms in total. The molecule has 19 heavy (non-hydrogen) atoms. The second-order valence-corrected chi connectivity index (χ2v) is 6.75. The van der Waals surface area contributed by atoms with Crippen LogP contribution in [-0.4, -0.2) is 31.7 Å². The fourth-order valence-corrected chi connectivity index (χ4v) is 3.69. The molecule has 1 heterocycles. The number of anilines is 1. The number of alkyl halides is 1. The van der Waals surface area contributed by atoms with Gasteiger partial charge in [-0.05, 0) is 37.0 Å². The van der Waals surface area contributed by atoms with E-state index < -0.39 is 10.2 Å². The molecule has 1 aromatic rings. The second-order valence-electron chi connectivity index (χ2n) is 4.70. The molecule has 0 saturated carbocycles. The number of nitrogens with zero attached hydrogens (tertiary/aromatic N) is 1. The molecule has 1 aliphatic heterocycles. The maximum atomic E-state index is 12.2. The van der Waals surface area contributed by atoms with Crippen LogP contribution in [0.5, 0.6) is 0 Å². The van der Waals surface area contributed by atoms with Crippen LogP contribution < -0.4 is 4.72 Å². The third kappa shape index (κ3) is 4.09.